The molecule has 1 unspecified atom stereocenters. The first kappa shape index (κ1) is 12.7. The molecule has 0 aliphatic rings. The Morgan fingerprint density at radius 3 is 2.53 bits per heavy atom. The van der Waals surface area contributed by atoms with Crippen LogP contribution in [-0.4, -0.2) is 0 Å². The van der Waals surface area contributed by atoms with Crippen LogP contribution in [0.3, 0.4) is 0 Å². The molecule has 0 radical (unpaired) electrons. The summed E-state index contributed by atoms with van der Waals surface area (Å²) < 4.78 is 0. The molecule has 2 heteroatoms. The lowest BCUT2D eigenvalue weighted by atomic mass is 10.0. The van der Waals surface area contributed by atoms with Gasteiger partial charge in [0.05, 0.1) is 0 Å². The summed E-state index contributed by atoms with van der Waals surface area (Å²) >= 11 is 1.76. The predicted molar refractivity (Wildman–Crippen MR) is 69.4 cm³/mol. The lowest BCUT2D eigenvalue weighted by Crippen LogP contribution is -2.10. The Hall–Kier alpha value is -0.340. The zero-order valence-corrected chi connectivity index (χ0v) is 10.8. The SMILES string of the molecule is CCCCCCCC(N)c1cscc1C. The van der Waals surface area contributed by atoms with Crippen molar-refractivity contribution in [3.05, 3.63) is 21.9 Å². The molecular weight excluding hydrogens is 202 g/mol. The van der Waals surface area contributed by atoms with Crippen molar-refractivity contribution in [2.75, 3.05) is 0 Å². The van der Waals surface area contributed by atoms with Crippen molar-refractivity contribution in [1.82, 2.24) is 0 Å². The first-order valence-electron chi connectivity index (χ1n) is 6.04. The molecule has 0 spiro atoms. The van der Waals surface area contributed by atoms with Crippen LogP contribution in [0.4, 0.5) is 0 Å². The highest BCUT2D eigenvalue weighted by atomic mass is 32.1. The molecule has 0 amide bonds. The molecule has 1 atom stereocenters. The maximum atomic E-state index is 6.16. The highest BCUT2D eigenvalue weighted by molar-refractivity contribution is 7.08. The van der Waals surface area contributed by atoms with Crippen molar-refractivity contribution >= 4 is 11.3 Å². The Labute approximate surface area is 97.7 Å². The summed E-state index contributed by atoms with van der Waals surface area (Å²) in [6, 6.07) is 0.262. The van der Waals surface area contributed by atoms with Crippen molar-refractivity contribution in [3.63, 3.8) is 0 Å². The highest BCUT2D eigenvalue weighted by Crippen LogP contribution is 2.24. The average molecular weight is 225 g/mol. The summed E-state index contributed by atoms with van der Waals surface area (Å²) in [5.74, 6) is 0. The number of rotatable bonds is 7. The van der Waals surface area contributed by atoms with Crippen molar-refractivity contribution in [3.8, 4) is 0 Å². The monoisotopic (exact) mass is 225 g/mol. The van der Waals surface area contributed by atoms with Gasteiger partial charge in [-0.3, -0.25) is 0 Å². The van der Waals surface area contributed by atoms with Gasteiger partial charge in [0.2, 0.25) is 0 Å². The molecule has 0 aromatic carbocycles. The minimum atomic E-state index is 0.262. The summed E-state index contributed by atoms with van der Waals surface area (Å²) in [6.45, 7) is 4.41. The molecule has 0 saturated carbocycles. The Bertz CT molecular complexity index is 267. The summed E-state index contributed by atoms with van der Waals surface area (Å²) in [5.41, 5.74) is 8.88. The molecule has 1 nitrogen and oxygen atoms in total. The van der Waals surface area contributed by atoms with E-state index in [1.807, 2.05) is 0 Å². The largest absolute Gasteiger partial charge is 0.324 e. The summed E-state index contributed by atoms with van der Waals surface area (Å²) in [4.78, 5) is 0. The maximum Gasteiger partial charge on any atom is 0.0305 e. The number of aryl methyl sites for hydroxylation is 1. The minimum Gasteiger partial charge on any atom is -0.324 e. The summed E-state index contributed by atoms with van der Waals surface area (Å²) in [6.07, 6.45) is 7.80. The van der Waals surface area contributed by atoms with E-state index in [9.17, 15) is 0 Å². The first-order chi connectivity index (χ1) is 7.25. The van der Waals surface area contributed by atoms with Crippen LogP contribution in [0.2, 0.25) is 0 Å². The summed E-state index contributed by atoms with van der Waals surface area (Å²) in [5, 5.41) is 4.39. The van der Waals surface area contributed by atoms with Crippen molar-refractivity contribution in [2.45, 2.75) is 58.4 Å². The van der Waals surface area contributed by atoms with Gasteiger partial charge in [0.1, 0.15) is 0 Å². The molecule has 0 fully saturated rings. The highest BCUT2D eigenvalue weighted by Gasteiger charge is 2.08. The second-order valence-electron chi connectivity index (χ2n) is 4.32. The molecule has 1 rings (SSSR count). The third kappa shape index (κ3) is 4.35. The Morgan fingerprint density at radius 2 is 1.93 bits per heavy atom. The van der Waals surface area contributed by atoms with E-state index in [1.54, 1.807) is 11.3 Å². The smallest absolute Gasteiger partial charge is 0.0305 e. The van der Waals surface area contributed by atoms with Crippen LogP contribution in [0, 0.1) is 6.92 Å². The molecule has 0 bridgehead atoms. The molecule has 0 saturated heterocycles. The van der Waals surface area contributed by atoms with Crippen LogP contribution in [0.5, 0.6) is 0 Å². The van der Waals surface area contributed by atoms with Gasteiger partial charge in [-0.25, -0.2) is 0 Å². The molecule has 1 aromatic heterocycles. The van der Waals surface area contributed by atoms with Crippen LogP contribution >= 0.6 is 11.3 Å². The predicted octanol–water partition coefficient (Wildman–Crippen LogP) is 4.42. The van der Waals surface area contributed by atoms with Crippen molar-refractivity contribution in [1.29, 1.82) is 0 Å². The van der Waals surface area contributed by atoms with E-state index in [4.69, 9.17) is 5.73 Å². The van der Waals surface area contributed by atoms with Crippen molar-refractivity contribution < 1.29 is 0 Å². The standard InChI is InChI=1S/C13H23NS/c1-3-4-5-6-7-8-13(14)12-10-15-9-11(12)2/h9-10,13H,3-8,14H2,1-2H3. The first-order valence-corrected chi connectivity index (χ1v) is 6.98. The minimum absolute atomic E-state index is 0.262. The third-order valence-electron chi connectivity index (χ3n) is 2.91. The Kier molecular flexibility index (Phi) is 5.96. The molecule has 0 aliphatic carbocycles. The van der Waals surface area contributed by atoms with E-state index in [0.717, 1.165) is 6.42 Å². The number of hydrogen-bond acceptors (Lipinski definition) is 2. The van der Waals surface area contributed by atoms with Gasteiger partial charge in [-0.15, -0.1) is 0 Å². The fourth-order valence-corrected chi connectivity index (χ4v) is 2.79. The van der Waals surface area contributed by atoms with Gasteiger partial charge in [0.15, 0.2) is 0 Å². The lowest BCUT2D eigenvalue weighted by molar-refractivity contribution is 0.555. The maximum absolute atomic E-state index is 6.16. The van der Waals surface area contributed by atoms with Crippen LogP contribution in [0.15, 0.2) is 10.8 Å². The van der Waals surface area contributed by atoms with E-state index >= 15 is 0 Å². The van der Waals surface area contributed by atoms with Crippen LogP contribution < -0.4 is 5.73 Å². The van der Waals surface area contributed by atoms with Crippen LogP contribution in [0.25, 0.3) is 0 Å². The van der Waals surface area contributed by atoms with Gasteiger partial charge < -0.3 is 5.73 Å². The summed E-state index contributed by atoms with van der Waals surface area (Å²) in [7, 11) is 0. The van der Waals surface area contributed by atoms with Crippen molar-refractivity contribution in [2.24, 2.45) is 5.73 Å². The molecule has 2 N–H and O–H groups in total. The van der Waals surface area contributed by atoms with Gasteiger partial charge >= 0.3 is 0 Å². The third-order valence-corrected chi connectivity index (χ3v) is 3.79. The molecule has 1 aromatic rings. The quantitative estimate of drug-likeness (QED) is 0.683. The van der Waals surface area contributed by atoms with Crippen LogP contribution in [-0.2, 0) is 0 Å². The van der Waals surface area contributed by atoms with Gasteiger partial charge in [0, 0.05) is 6.04 Å². The second kappa shape index (κ2) is 7.02. The zero-order valence-electron chi connectivity index (χ0n) is 9.96. The molecule has 15 heavy (non-hydrogen) atoms. The Balaban J connectivity index is 2.19. The van der Waals surface area contributed by atoms with E-state index in [1.165, 1.54) is 43.2 Å². The lowest BCUT2D eigenvalue weighted by Gasteiger charge is -2.11. The number of unbranched alkanes of at least 4 members (excludes halogenated alkanes) is 4. The van der Waals surface area contributed by atoms with Gasteiger partial charge in [-0.1, -0.05) is 39.0 Å². The van der Waals surface area contributed by atoms with E-state index < -0.39 is 0 Å². The average Bonchev–Trinajstić information content (AvgIpc) is 2.64. The fourth-order valence-electron chi connectivity index (χ4n) is 1.87. The number of nitrogens with two attached hydrogens (primary N) is 1. The van der Waals surface area contributed by atoms with Gasteiger partial charge in [0.25, 0.3) is 0 Å². The van der Waals surface area contributed by atoms with E-state index in [-0.39, 0.29) is 6.04 Å². The van der Waals surface area contributed by atoms with Gasteiger partial charge in [-0.05, 0) is 35.2 Å². The van der Waals surface area contributed by atoms with E-state index in [0.29, 0.717) is 0 Å². The normalized spacial score (nSPS) is 13.0. The topological polar surface area (TPSA) is 26.0 Å². The van der Waals surface area contributed by atoms with E-state index in [2.05, 4.69) is 24.6 Å². The molecule has 1 heterocycles. The fraction of sp³-hybridized carbons (Fsp3) is 0.692. The Morgan fingerprint density at radius 1 is 1.20 bits per heavy atom. The van der Waals surface area contributed by atoms with Gasteiger partial charge in [-0.2, -0.15) is 11.3 Å². The van der Waals surface area contributed by atoms with Crippen LogP contribution in [0.1, 0.15) is 62.6 Å². The molecular formula is C13H23NS. The zero-order chi connectivity index (χ0) is 11.1. The number of thiophene rings is 1. The second-order valence-corrected chi connectivity index (χ2v) is 5.06. The number of hydrogen-bond donors (Lipinski definition) is 1. The molecule has 0 aliphatic heterocycles. The molecule has 86 valence electrons.